The normalized spacial score (nSPS) is 10.6. The maximum absolute atomic E-state index is 14.1. The molecule has 122 valence electrons. The van der Waals surface area contributed by atoms with Crippen LogP contribution in [0.15, 0.2) is 60.7 Å². The summed E-state index contributed by atoms with van der Waals surface area (Å²) in [5.41, 5.74) is 1.87. The number of methoxy groups -OCH3 is 1. The number of ether oxygens (including phenoxy) is 1. The molecule has 0 amide bonds. The van der Waals surface area contributed by atoms with E-state index >= 15 is 0 Å². The molecule has 1 aromatic heterocycles. The zero-order chi connectivity index (χ0) is 16.8. The van der Waals surface area contributed by atoms with Crippen LogP contribution in [0.4, 0.5) is 10.2 Å². The molecular weight excluding hydrogens is 305 g/mol. The van der Waals surface area contributed by atoms with E-state index in [1.54, 1.807) is 31.4 Å². The molecule has 0 fully saturated rings. The Morgan fingerprint density at radius 3 is 2.50 bits per heavy atom. The Bertz CT molecular complexity index is 809. The number of hydrogen-bond donors (Lipinski definition) is 1. The summed E-state index contributed by atoms with van der Waals surface area (Å²) in [6.07, 6.45) is 0. The van der Waals surface area contributed by atoms with Gasteiger partial charge in [0.15, 0.2) is 5.82 Å². The summed E-state index contributed by atoms with van der Waals surface area (Å²) in [5.74, 6) is 0.883. The largest absolute Gasteiger partial charge is 0.383 e. The fourth-order valence-corrected chi connectivity index (χ4v) is 2.34. The first-order valence-corrected chi connectivity index (χ1v) is 7.70. The number of anilines is 1. The summed E-state index contributed by atoms with van der Waals surface area (Å²) in [7, 11) is 1.64. The van der Waals surface area contributed by atoms with E-state index in [9.17, 15) is 4.39 Å². The van der Waals surface area contributed by atoms with Gasteiger partial charge in [-0.15, -0.1) is 0 Å². The first kappa shape index (κ1) is 16.1. The summed E-state index contributed by atoms with van der Waals surface area (Å²) < 4.78 is 19.2. The van der Waals surface area contributed by atoms with Gasteiger partial charge in [0, 0.05) is 30.8 Å². The lowest BCUT2D eigenvalue weighted by Gasteiger charge is -2.10. The molecule has 0 aliphatic heterocycles. The maximum Gasteiger partial charge on any atom is 0.162 e. The third-order valence-corrected chi connectivity index (χ3v) is 3.52. The monoisotopic (exact) mass is 323 g/mol. The summed E-state index contributed by atoms with van der Waals surface area (Å²) in [4.78, 5) is 9.07. The predicted octanol–water partition coefficient (Wildman–Crippen LogP) is 4.01. The number of aromatic nitrogens is 2. The summed E-state index contributed by atoms with van der Waals surface area (Å²) in [6.45, 7) is 1.16. The van der Waals surface area contributed by atoms with E-state index in [1.807, 2.05) is 30.3 Å². The van der Waals surface area contributed by atoms with Crippen molar-refractivity contribution in [2.75, 3.05) is 25.6 Å². The molecule has 0 radical (unpaired) electrons. The van der Waals surface area contributed by atoms with Gasteiger partial charge in [0.05, 0.1) is 12.3 Å². The minimum atomic E-state index is -0.307. The van der Waals surface area contributed by atoms with Gasteiger partial charge in [-0.05, 0) is 12.1 Å². The Balaban J connectivity index is 2.04. The zero-order valence-electron chi connectivity index (χ0n) is 13.4. The number of halogens is 1. The smallest absolute Gasteiger partial charge is 0.162 e. The molecule has 5 heteroatoms. The van der Waals surface area contributed by atoms with E-state index in [4.69, 9.17) is 4.74 Å². The van der Waals surface area contributed by atoms with Gasteiger partial charge >= 0.3 is 0 Å². The molecule has 0 bridgehead atoms. The summed E-state index contributed by atoms with van der Waals surface area (Å²) in [6, 6.07) is 18.0. The van der Waals surface area contributed by atoms with Gasteiger partial charge in [0.1, 0.15) is 11.6 Å². The molecule has 3 aromatic rings. The van der Waals surface area contributed by atoms with Crippen LogP contribution in [0, 0.1) is 5.82 Å². The fraction of sp³-hybridized carbons (Fsp3) is 0.158. The van der Waals surface area contributed by atoms with Crippen molar-refractivity contribution in [2.45, 2.75) is 0 Å². The van der Waals surface area contributed by atoms with E-state index in [1.165, 1.54) is 6.07 Å². The van der Waals surface area contributed by atoms with Crippen molar-refractivity contribution in [3.63, 3.8) is 0 Å². The molecule has 0 aliphatic rings. The van der Waals surface area contributed by atoms with E-state index in [0.717, 1.165) is 5.56 Å². The average molecular weight is 323 g/mol. The highest BCUT2D eigenvalue weighted by Gasteiger charge is 2.11. The van der Waals surface area contributed by atoms with E-state index in [-0.39, 0.29) is 5.82 Å². The van der Waals surface area contributed by atoms with Crippen molar-refractivity contribution in [2.24, 2.45) is 0 Å². The van der Waals surface area contributed by atoms with Crippen LogP contribution in [-0.4, -0.2) is 30.2 Å². The molecule has 0 spiro atoms. The Labute approximate surface area is 140 Å². The van der Waals surface area contributed by atoms with Gasteiger partial charge in [-0.25, -0.2) is 14.4 Å². The summed E-state index contributed by atoms with van der Waals surface area (Å²) in [5, 5.41) is 3.19. The molecular formula is C19H18FN3O. The minimum Gasteiger partial charge on any atom is -0.383 e. The lowest BCUT2D eigenvalue weighted by Crippen LogP contribution is -2.10. The highest BCUT2D eigenvalue weighted by atomic mass is 19.1. The van der Waals surface area contributed by atoms with E-state index < -0.39 is 0 Å². The fourth-order valence-electron chi connectivity index (χ4n) is 2.34. The van der Waals surface area contributed by atoms with E-state index in [2.05, 4.69) is 15.3 Å². The van der Waals surface area contributed by atoms with Crippen molar-refractivity contribution in [1.29, 1.82) is 0 Å². The third-order valence-electron chi connectivity index (χ3n) is 3.52. The summed E-state index contributed by atoms with van der Waals surface area (Å²) >= 11 is 0. The molecule has 0 saturated heterocycles. The topological polar surface area (TPSA) is 47.0 Å². The van der Waals surface area contributed by atoms with Crippen LogP contribution < -0.4 is 5.32 Å². The second-order valence-corrected chi connectivity index (χ2v) is 5.23. The lowest BCUT2D eigenvalue weighted by molar-refractivity contribution is 0.210. The second kappa shape index (κ2) is 7.66. The van der Waals surface area contributed by atoms with Crippen molar-refractivity contribution < 1.29 is 9.13 Å². The number of hydrogen-bond acceptors (Lipinski definition) is 4. The van der Waals surface area contributed by atoms with Crippen molar-refractivity contribution in [3.8, 4) is 22.6 Å². The first-order valence-electron chi connectivity index (χ1n) is 7.70. The molecule has 0 atom stereocenters. The number of nitrogens with one attached hydrogen (secondary N) is 1. The van der Waals surface area contributed by atoms with Crippen LogP contribution in [-0.2, 0) is 4.74 Å². The SMILES string of the molecule is COCCNc1cc(-c2ccccc2F)nc(-c2ccccc2)n1. The average Bonchev–Trinajstić information content (AvgIpc) is 2.63. The number of rotatable bonds is 6. The van der Waals surface area contributed by atoms with Crippen molar-refractivity contribution in [3.05, 3.63) is 66.5 Å². The van der Waals surface area contributed by atoms with Gasteiger partial charge in [0.25, 0.3) is 0 Å². The van der Waals surface area contributed by atoms with Crippen LogP contribution in [0.2, 0.25) is 0 Å². The number of nitrogens with zero attached hydrogens (tertiary/aromatic N) is 2. The Kier molecular flexibility index (Phi) is 5.13. The van der Waals surface area contributed by atoms with Gasteiger partial charge in [-0.1, -0.05) is 42.5 Å². The van der Waals surface area contributed by atoms with Crippen LogP contribution in [0.3, 0.4) is 0 Å². The molecule has 0 unspecified atom stereocenters. The van der Waals surface area contributed by atoms with Gasteiger partial charge in [0.2, 0.25) is 0 Å². The predicted molar refractivity (Wildman–Crippen MR) is 93.2 cm³/mol. The van der Waals surface area contributed by atoms with Crippen molar-refractivity contribution >= 4 is 5.82 Å². The molecule has 4 nitrogen and oxygen atoms in total. The maximum atomic E-state index is 14.1. The zero-order valence-corrected chi connectivity index (χ0v) is 13.4. The van der Waals surface area contributed by atoms with Crippen LogP contribution in [0.5, 0.6) is 0 Å². The lowest BCUT2D eigenvalue weighted by atomic mass is 10.1. The third kappa shape index (κ3) is 3.75. The van der Waals surface area contributed by atoms with Crippen LogP contribution in [0.25, 0.3) is 22.6 Å². The Morgan fingerprint density at radius 2 is 1.75 bits per heavy atom. The Morgan fingerprint density at radius 1 is 1.00 bits per heavy atom. The molecule has 3 rings (SSSR count). The molecule has 0 aliphatic carbocycles. The second-order valence-electron chi connectivity index (χ2n) is 5.23. The molecule has 1 heterocycles. The molecule has 24 heavy (non-hydrogen) atoms. The molecule has 2 aromatic carbocycles. The quantitative estimate of drug-likeness (QED) is 0.696. The van der Waals surface area contributed by atoms with Gasteiger partial charge in [-0.2, -0.15) is 0 Å². The Hall–Kier alpha value is -2.79. The van der Waals surface area contributed by atoms with E-state index in [0.29, 0.717) is 36.1 Å². The standard InChI is InChI=1S/C19H18FN3O/c1-24-12-11-21-18-13-17(15-9-5-6-10-16(15)20)22-19(23-18)14-7-3-2-4-8-14/h2-10,13H,11-12H2,1H3,(H,21,22,23). The highest BCUT2D eigenvalue weighted by molar-refractivity contribution is 5.67. The first-order chi connectivity index (χ1) is 11.8. The van der Waals surface area contributed by atoms with Crippen LogP contribution >= 0.6 is 0 Å². The molecule has 1 N–H and O–H groups in total. The van der Waals surface area contributed by atoms with Crippen LogP contribution in [0.1, 0.15) is 0 Å². The number of benzene rings is 2. The van der Waals surface area contributed by atoms with Crippen molar-refractivity contribution in [1.82, 2.24) is 9.97 Å². The minimum absolute atomic E-state index is 0.307. The van der Waals surface area contributed by atoms with Gasteiger partial charge < -0.3 is 10.1 Å². The highest BCUT2D eigenvalue weighted by Crippen LogP contribution is 2.26. The molecule has 0 saturated carbocycles. The van der Waals surface area contributed by atoms with Gasteiger partial charge in [-0.3, -0.25) is 0 Å².